The van der Waals surface area contributed by atoms with Crippen LogP contribution in [0.4, 0.5) is 0 Å². The van der Waals surface area contributed by atoms with E-state index in [9.17, 15) is 4.79 Å². The second-order valence-electron chi connectivity index (χ2n) is 4.56. The predicted molar refractivity (Wildman–Crippen MR) is 65.1 cm³/mol. The molecule has 0 saturated carbocycles. The number of imidazole rings is 1. The van der Waals surface area contributed by atoms with Crippen molar-refractivity contribution in [2.75, 3.05) is 13.1 Å². The number of fused-ring (bicyclic) bond motifs is 1. The quantitative estimate of drug-likeness (QED) is 0.748. The molecule has 1 amide bonds. The topological polar surface area (TPSA) is 37.6 Å². The van der Waals surface area contributed by atoms with Gasteiger partial charge in [-0.3, -0.25) is 4.79 Å². The van der Waals surface area contributed by atoms with Gasteiger partial charge in [-0.1, -0.05) is 0 Å². The van der Waals surface area contributed by atoms with E-state index in [-0.39, 0.29) is 5.91 Å². The highest BCUT2D eigenvalue weighted by molar-refractivity contribution is 5.95. The number of likely N-dealkylation sites (tertiary alicyclic amines) is 1. The first-order chi connectivity index (χ1) is 8.24. The second-order valence-corrected chi connectivity index (χ2v) is 4.56. The van der Waals surface area contributed by atoms with Crippen LogP contribution in [0.15, 0.2) is 24.5 Å². The first-order valence-corrected chi connectivity index (χ1v) is 5.99. The molecule has 1 fully saturated rings. The Labute approximate surface area is 99.9 Å². The Morgan fingerprint density at radius 2 is 2.12 bits per heavy atom. The molecular formula is C13H15N3O. The van der Waals surface area contributed by atoms with E-state index in [1.165, 1.54) is 0 Å². The van der Waals surface area contributed by atoms with Gasteiger partial charge in [0.15, 0.2) is 0 Å². The van der Waals surface area contributed by atoms with Crippen LogP contribution in [-0.2, 0) is 0 Å². The number of carbonyl (C=O) groups is 1. The minimum absolute atomic E-state index is 0.130. The van der Waals surface area contributed by atoms with Gasteiger partial charge in [-0.25, -0.2) is 4.98 Å². The van der Waals surface area contributed by atoms with Crippen LogP contribution in [0.2, 0.25) is 0 Å². The summed E-state index contributed by atoms with van der Waals surface area (Å²) in [5.41, 5.74) is 2.55. The maximum atomic E-state index is 12.2. The van der Waals surface area contributed by atoms with Crippen molar-refractivity contribution in [2.45, 2.75) is 19.8 Å². The highest BCUT2D eigenvalue weighted by Gasteiger charge is 2.19. The number of amides is 1. The number of nitrogens with zero attached hydrogens (tertiary/aromatic N) is 3. The molecule has 0 radical (unpaired) electrons. The van der Waals surface area contributed by atoms with Crippen molar-refractivity contribution in [1.29, 1.82) is 0 Å². The van der Waals surface area contributed by atoms with E-state index >= 15 is 0 Å². The van der Waals surface area contributed by atoms with Crippen molar-refractivity contribution in [2.24, 2.45) is 0 Å². The SMILES string of the molecule is Cc1cn2ccc(C(=O)N3CCCC3)cc2n1. The molecule has 0 aliphatic carbocycles. The Bertz CT molecular complexity index is 567. The summed E-state index contributed by atoms with van der Waals surface area (Å²) in [7, 11) is 0. The van der Waals surface area contributed by atoms with Crippen molar-refractivity contribution < 1.29 is 4.79 Å². The minimum atomic E-state index is 0.130. The summed E-state index contributed by atoms with van der Waals surface area (Å²) in [6.07, 6.45) is 6.10. The molecule has 4 nitrogen and oxygen atoms in total. The first-order valence-electron chi connectivity index (χ1n) is 5.99. The normalized spacial score (nSPS) is 15.7. The Balaban J connectivity index is 1.96. The molecule has 4 heteroatoms. The number of hydrogen-bond donors (Lipinski definition) is 0. The van der Waals surface area contributed by atoms with Crippen molar-refractivity contribution in [3.05, 3.63) is 35.8 Å². The van der Waals surface area contributed by atoms with E-state index in [1.807, 2.05) is 40.8 Å². The highest BCUT2D eigenvalue weighted by atomic mass is 16.2. The van der Waals surface area contributed by atoms with Gasteiger partial charge in [0, 0.05) is 31.0 Å². The van der Waals surface area contributed by atoms with Gasteiger partial charge in [-0.2, -0.15) is 0 Å². The van der Waals surface area contributed by atoms with Crippen LogP contribution < -0.4 is 0 Å². The molecule has 0 spiro atoms. The number of pyridine rings is 1. The summed E-state index contributed by atoms with van der Waals surface area (Å²) in [5, 5.41) is 0. The third-order valence-corrected chi connectivity index (χ3v) is 3.22. The van der Waals surface area contributed by atoms with Crippen LogP contribution in [0.1, 0.15) is 28.9 Å². The molecule has 0 bridgehead atoms. The maximum Gasteiger partial charge on any atom is 0.254 e. The maximum absolute atomic E-state index is 12.2. The molecule has 0 atom stereocenters. The van der Waals surface area contributed by atoms with Gasteiger partial charge in [0.25, 0.3) is 5.91 Å². The monoisotopic (exact) mass is 229 g/mol. The van der Waals surface area contributed by atoms with Crippen LogP contribution in [0, 0.1) is 6.92 Å². The number of aromatic nitrogens is 2. The Kier molecular flexibility index (Phi) is 2.35. The third-order valence-electron chi connectivity index (χ3n) is 3.22. The van der Waals surface area contributed by atoms with Crippen LogP contribution in [0.3, 0.4) is 0 Å². The molecule has 2 aromatic rings. The van der Waals surface area contributed by atoms with Gasteiger partial charge in [0.2, 0.25) is 0 Å². The summed E-state index contributed by atoms with van der Waals surface area (Å²) >= 11 is 0. The Morgan fingerprint density at radius 3 is 2.88 bits per heavy atom. The lowest BCUT2D eigenvalue weighted by atomic mass is 10.2. The molecule has 3 rings (SSSR count). The molecule has 0 unspecified atom stereocenters. The fourth-order valence-corrected chi connectivity index (χ4v) is 2.34. The van der Waals surface area contributed by atoms with Crippen LogP contribution >= 0.6 is 0 Å². The average molecular weight is 229 g/mol. The van der Waals surface area contributed by atoms with Crippen molar-refractivity contribution >= 4 is 11.6 Å². The molecule has 1 aliphatic heterocycles. The van der Waals surface area contributed by atoms with E-state index in [1.54, 1.807) is 0 Å². The van der Waals surface area contributed by atoms with Crippen LogP contribution in [0.25, 0.3) is 5.65 Å². The van der Waals surface area contributed by atoms with Crippen molar-refractivity contribution in [1.82, 2.24) is 14.3 Å². The smallest absolute Gasteiger partial charge is 0.254 e. The fourth-order valence-electron chi connectivity index (χ4n) is 2.34. The summed E-state index contributed by atoms with van der Waals surface area (Å²) in [6, 6.07) is 3.74. The summed E-state index contributed by atoms with van der Waals surface area (Å²) in [4.78, 5) is 18.5. The van der Waals surface area contributed by atoms with Gasteiger partial charge in [-0.15, -0.1) is 0 Å². The Morgan fingerprint density at radius 1 is 1.35 bits per heavy atom. The zero-order valence-corrected chi connectivity index (χ0v) is 9.89. The lowest BCUT2D eigenvalue weighted by Gasteiger charge is -2.14. The second kappa shape index (κ2) is 3.87. The first kappa shape index (κ1) is 10.3. The third kappa shape index (κ3) is 1.79. The fraction of sp³-hybridized carbons (Fsp3) is 0.385. The van der Waals surface area contributed by atoms with Gasteiger partial charge >= 0.3 is 0 Å². The molecule has 1 aliphatic rings. The van der Waals surface area contributed by atoms with Gasteiger partial charge in [0.05, 0.1) is 5.69 Å². The summed E-state index contributed by atoms with van der Waals surface area (Å²) in [6.45, 7) is 3.73. The average Bonchev–Trinajstić information content (AvgIpc) is 2.94. The lowest BCUT2D eigenvalue weighted by molar-refractivity contribution is 0.0793. The van der Waals surface area contributed by atoms with E-state index in [4.69, 9.17) is 0 Å². The van der Waals surface area contributed by atoms with Crippen molar-refractivity contribution in [3.8, 4) is 0 Å². The van der Waals surface area contributed by atoms with Crippen molar-refractivity contribution in [3.63, 3.8) is 0 Å². The molecule has 2 aromatic heterocycles. The number of aryl methyl sites for hydroxylation is 1. The highest BCUT2D eigenvalue weighted by Crippen LogP contribution is 2.14. The van der Waals surface area contributed by atoms with E-state index in [0.717, 1.165) is 42.8 Å². The number of carbonyl (C=O) groups excluding carboxylic acids is 1. The molecule has 0 aromatic carbocycles. The molecule has 0 N–H and O–H groups in total. The number of rotatable bonds is 1. The van der Waals surface area contributed by atoms with E-state index < -0.39 is 0 Å². The minimum Gasteiger partial charge on any atom is -0.339 e. The van der Waals surface area contributed by atoms with Crippen LogP contribution in [-0.4, -0.2) is 33.3 Å². The summed E-state index contributed by atoms with van der Waals surface area (Å²) < 4.78 is 1.94. The zero-order chi connectivity index (χ0) is 11.8. The van der Waals surface area contributed by atoms with Gasteiger partial charge in [-0.05, 0) is 31.9 Å². The zero-order valence-electron chi connectivity index (χ0n) is 9.89. The van der Waals surface area contributed by atoms with Gasteiger partial charge < -0.3 is 9.30 Å². The standard InChI is InChI=1S/C13H15N3O/c1-10-9-16-7-4-11(8-12(16)14-10)13(17)15-5-2-3-6-15/h4,7-9H,2-3,5-6H2,1H3. The predicted octanol–water partition coefficient (Wildman–Crippen LogP) is 1.88. The van der Waals surface area contributed by atoms with E-state index in [2.05, 4.69) is 4.98 Å². The lowest BCUT2D eigenvalue weighted by Crippen LogP contribution is -2.27. The summed E-state index contributed by atoms with van der Waals surface area (Å²) in [5.74, 6) is 0.130. The Hall–Kier alpha value is -1.84. The molecular weight excluding hydrogens is 214 g/mol. The van der Waals surface area contributed by atoms with Gasteiger partial charge in [0.1, 0.15) is 5.65 Å². The van der Waals surface area contributed by atoms with Crippen LogP contribution in [0.5, 0.6) is 0 Å². The largest absolute Gasteiger partial charge is 0.339 e. The molecule has 1 saturated heterocycles. The van der Waals surface area contributed by atoms with E-state index in [0.29, 0.717) is 0 Å². The molecule has 3 heterocycles. The molecule has 17 heavy (non-hydrogen) atoms. The molecule has 88 valence electrons. The number of hydrogen-bond acceptors (Lipinski definition) is 2.